The average Bonchev–Trinajstić information content (AvgIpc) is 2.37. The lowest BCUT2D eigenvalue weighted by molar-refractivity contribution is -0.124. The third-order valence-corrected chi connectivity index (χ3v) is 2.36. The molecule has 0 atom stereocenters. The predicted octanol–water partition coefficient (Wildman–Crippen LogP) is 1.51. The van der Waals surface area contributed by atoms with Gasteiger partial charge in [0.25, 0.3) is 5.92 Å². The normalized spacial score (nSPS) is 11.2. The molecule has 1 aromatic carbocycles. The Balaban J connectivity index is 2.24. The van der Waals surface area contributed by atoms with E-state index in [0.29, 0.717) is 5.75 Å². The van der Waals surface area contributed by atoms with Gasteiger partial charge in [-0.2, -0.15) is 0 Å². The summed E-state index contributed by atoms with van der Waals surface area (Å²) in [6.07, 6.45) is -0.0184. The summed E-state index contributed by atoms with van der Waals surface area (Å²) >= 11 is 0. The topological polar surface area (TPSA) is 58.6 Å². The van der Waals surface area contributed by atoms with Gasteiger partial charge in [-0.3, -0.25) is 4.79 Å². The van der Waals surface area contributed by atoms with E-state index < -0.39 is 25.0 Å². The maximum Gasteiger partial charge on any atom is 0.287 e. The van der Waals surface area contributed by atoms with Crippen molar-refractivity contribution >= 4 is 5.91 Å². The smallest absolute Gasteiger partial charge is 0.287 e. The molecule has 0 aliphatic rings. The lowest BCUT2D eigenvalue weighted by Gasteiger charge is -2.14. The fraction of sp³-hybridized carbons (Fsp3) is 0.462. The second-order valence-electron chi connectivity index (χ2n) is 4.21. The van der Waals surface area contributed by atoms with E-state index in [4.69, 9.17) is 9.84 Å². The van der Waals surface area contributed by atoms with Crippen molar-refractivity contribution in [3.05, 3.63) is 29.8 Å². The van der Waals surface area contributed by atoms with E-state index in [9.17, 15) is 13.6 Å². The number of alkyl halides is 2. The van der Waals surface area contributed by atoms with Gasteiger partial charge in [0, 0.05) is 0 Å². The molecule has 106 valence electrons. The van der Waals surface area contributed by atoms with Crippen molar-refractivity contribution in [2.75, 3.05) is 19.8 Å². The fourth-order valence-corrected chi connectivity index (χ4v) is 1.34. The van der Waals surface area contributed by atoms with E-state index in [1.54, 1.807) is 6.07 Å². The third kappa shape index (κ3) is 6.15. The number of rotatable bonds is 7. The van der Waals surface area contributed by atoms with Crippen LogP contribution in [0.5, 0.6) is 5.75 Å². The highest BCUT2D eigenvalue weighted by Gasteiger charge is 2.27. The minimum absolute atomic E-state index is 0.0184. The molecule has 0 aromatic heterocycles. The van der Waals surface area contributed by atoms with E-state index >= 15 is 0 Å². The Morgan fingerprint density at radius 3 is 2.84 bits per heavy atom. The summed E-state index contributed by atoms with van der Waals surface area (Å²) in [5.41, 5.74) is 1.03. The number of amides is 1. The van der Waals surface area contributed by atoms with E-state index in [-0.39, 0.29) is 13.0 Å². The highest BCUT2D eigenvalue weighted by molar-refractivity contribution is 5.76. The number of aryl methyl sites for hydroxylation is 1. The lowest BCUT2D eigenvalue weighted by Crippen LogP contribution is -2.39. The van der Waals surface area contributed by atoms with Gasteiger partial charge in [-0.1, -0.05) is 12.1 Å². The van der Waals surface area contributed by atoms with Crippen LogP contribution in [0.25, 0.3) is 0 Å². The Morgan fingerprint density at radius 2 is 2.21 bits per heavy atom. The third-order valence-electron chi connectivity index (χ3n) is 2.36. The van der Waals surface area contributed by atoms with Gasteiger partial charge in [-0.25, -0.2) is 8.78 Å². The van der Waals surface area contributed by atoms with Crippen molar-refractivity contribution < 1.29 is 23.4 Å². The first kappa shape index (κ1) is 15.4. The molecule has 19 heavy (non-hydrogen) atoms. The number of carbonyl (C=O) groups excluding carboxylic acids is 1. The number of aliphatic hydroxyl groups is 1. The monoisotopic (exact) mass is 273 g/mol. The van der Waals surface area contributed by atoms with Gasteiger partial charge >= 0.3 is 0 Å². The van der Waals surface area contributed by atoms with Gasteiger partial charge in [0.15, 0.2) is 0 Å². The molecular formula is C13H17F2NO3. The fourth-order valence-electron chi connectivity index (χ4n) is 1.34. The molecule has 0 heterocycles. The number of aliphatic hydroxyl groups excluding tert-OH is 1. The van der Waals surface area contributed by atoms with Crippen molar-refractivity contribution in [3.63, 3.8) is 0 Å². The number of hydrogen-bond donors (Lipinski definition) is 2. The van der Waals surface area contributed by atoms with Crippen molar-refractivity contribution in [1.29, 1.82) is 0 Å². The molecule has 2 N–H and O–H groups in total. The summed E-state index contributed by atoms with van der Waals surface area (Å²) in [4.78, 5) is 11.3. The molecule has 0 saturated heterocycles. The van der Waals surface area contributed by atoms with Crippen molar-refractivity contribution in [1.82, 2.24) is 5.32 Å². The summed E-state index contributed by atoms with van der Waals surface area (Å²) in [6, 6.07) is 7.31. The van der Waals surface area contributed by atoms with Crippen LogP contribution < -0.4 is 10.1 Å². The zero-order chi connectivity index (χ0) is 14.3. The van der Waals surface area contributed by atoms with E-state index in [2.05, 4.69) is 0 Å². The van der Waals surface area contributed by atoms with E-state index in [1.165, 1.54) is 0 Å². The standard InChI is InChI=1S/C13H17F2NO3/c1-10-3-2-4-11(7-10)19-6-5-12(18)16-8-13(14,15)9-17/h2-4,7,17H,5-6,8-9H2,1H3,(H,16,18). The quantitative estimate of drug-likeness (QED) is 0.791. The zero-order valence-corrected chi connectivity index (χ0v) is 10.7. The summed E-state index contributed by atoms with van der Waals surface area (Å²) in [6.45, 7) is -0.129. The first-order chi connectivity index (χ1) is 8.93. The SMILES string of the molecule is Cc1cccc(OCCC(=O)NCC(F)(F)CO)c1. The van der Waals surface area contributed by atoms with Gasteiger partial charge in [0.2, 0.25) is 5.91 Å². The molecule has 1 amide bonds. The molecule has 0 bridgehead atoms. The molecule has 0 unspecified atom stereocenters. The number of ether oxygens (including phenoxy) is 1. The van der Waals surface area contributed by atoms with E-state index in [1.807, 2.05) is 30.4 Å². The lowest BCUT2D eigenvalue weighted by atomic mass is 10.2. The first-order valence-electron chi connectivity index (χ1n) is 5.88. The molecular weight excluding hydrogens is 256 g/mol. The summed E-state index contributed by atoms with van der Waals surface area (Å²) in [5, 5.41) is 10.4. The zero-order valence-electron chi connectivity index (χ0n) is 10.7. The first-order valence-corrected chi connectivity index (χ1v) is 5.88. The Morgan fingerprint density at radius 1 is 1.47 bits per heavy atom. The van der Waals surface area contributed by atoms with Crippen LogP contribution in [0.3, 0.4) is 0 Å². The molecule has 0 spiro atoms. The van der Waals surface area contributed by atoms with Crippen LogP contribution in [-0.4, -0.2) is 36.7 Å². The number of halogens is 2. The van der Waals surface area contributed by atoms with Crippen LogP contribution in [-0.2, 0) is 4.79 Å². The number of nitrogens with one attached hydrogen (secondary N) is 1. The maximum absolute atomic E-state index is 12.6. The van der Waals surface area contributed by atoms with Crippen molar-refractivity contribution in [2.45, 2.75) is 19.3 Å². The molecule has 0 fully saturated rings. The number of benzene rings is 1. The van der Waals surface area contributed by atoms with Gasteiger partial charge in [-0.15, -0.1) is 0 Å². The minimum atomic E-state index is -3.28. The Labute approximate surface area is 110 Å². The van der Waals surface area contributed by atoms with Gasteiger partial charge in [0.1, 0.15) is 12.4 Å². The van der Waals surface area contributed by atoms with Crippen LogP contribution in [0.4, 0.5) is 8.78 Å². The van der Waals surface area contributed by atoms with Crippen LogP contribution >= 0.6 is 0 Å². The van der Waals surface area contributed by atoms with Crippen LogP contribution in [0.1, 0.15) is 12.0 Å². The minimum Gasteiger partial charge on any atom is -0.493 e. The van der Waals surface area contributed by atoms with Gasteiger partial charge < -0.3 is 15.2 Å². The summed E-state index contributed by atoms with van der Waals surface area (Å²) in [7, 11) is 0. The molecule has 4 nitrogen and oxygen atoms in total. The molecule has 0 aliphatic carbocycles. The van der Waals surface area contributed by atoms with Crippen LogP contribution in [0.15, 0.2) is 24.3 Å². The highest BCUT2D eigenvalue weighted by Crippen LogP contribution is 2.12. The molecule has 0 saturated carbocycles. The van der Waals surface area contributed by atoms with Gasteiger partial charge in [-0.05, 0) is 24.6 Å². The second-order valence-corrected chi connectivity index (χ2v) is 4.21. The number of carbonyl (C=O) groups is 1. The Kier molecular flexibility index (Phi) is 5.69. The van der Waals surface area contributed by atoms with Crippen LogP contribution in [0, 0.1) is 6.92 Å². The van der Waals surface area contributed by atoms with Crippen molar-refractivity contribution in [3.8, 4) is 5.75 Å². The highest BCUT2D eigenvalue weighted by atomic mass is 19.3. The Hall–Kier alpha value is -1.69. The summed E-state index contributed by atoms with van der Waals surface area (Å²) < 4.78 is 30.6. The average molecular weight is 273 g/mol. The van der Waals surface area contributed by atoms with E-state index in [0.717, 1.165) is 5.56 Å². The van der Waals surface area contributed by atoms with Gasteiger partial charge in [0.05, 0.1) is 19.6 Å². The summed E-state index contributed by atoms with van der Waals surface area (Å²) in [5.74, 6) is -3.19. The predicted molar refractivity (Wildman–Crippen MR) is 66.3 cm³/mol. The van der Waals surface area contributed by atoms with Crippen molar-refractivity contribution in [2.24, 2.45) is 0 Å². The molecule has 0 aliphatic heterocycles. The maximum atomic E-state index is 12.6. The second kappa shape index (κ2) is 7.04. The Bertz CT molecular complexity index is 424. The number of hydrogen-bond acceptors (Lipinski definition) is 3. The molecule has 0 radical (unpaired) electrons. The molecule has 1 rings (SSSR count). The molecule has 1 aromatic rings. The largest absolute Gasteiger partial charge is 0.493 e. The molecule has 6 heteroatoms. The van der Waals surface area contributed by atoms with Crippen LogP contribution in [0.2, 0.25) is 0 Å².